The second kappa shape index (κ2) is 7.77. The van der Waals surface area contributed by atoms with Crippen molar-refractivity contribution in [2.75, 3.05) is 0 Å². The highest BCUT2D eigenvalue weighted by atomic mass is 19.1. The Kier molecular flexibility index (Phi) is 6.23. The number of carbonyl (C=O) groups excluding carboxylic acids is 1. The first-order chi connectivity index (χ1) is 8.24. The molecule has 0 aliphatic heterocycles. The molecule has 0 radical (unpaired) electrons. The number of hydrogen-bond donors (Lipinski definition) is 0. The van der Waals surface area contributed by atoms with Gasteiger partial charge in [-0.1, -0.05) is 32.3 Å². The predicted molar refractivity (Wildman–Crippen MR) is 68.6 cm³/mol. The van der Waals surface area contributed by atoms with Crippen LogP contribution in [0.4, 0.5) is 4.39 Å². The molecule has 1 aromatic carbocycles. The van der Waals surface area contributed by atoms with Gasteiger partial charge in [0.05, 0.1) is 0 Å². The van der Waals surface area contributed by atoms with E-state index in [1.165, 1.54) is 43.5 Å². The zero-order valence-electron chi connectivity index (χ0n) is 10.3. The van der Waals surface area contributed by atoms with E-state index < -0.39 is 0 Å². The van der Waals surface area contributed by atoms with Crippen molar-refractivity contribution >= 4 is 5.78 Å². The van der Waals surface area contributed by atoms with Crippen LogP contribution in [-0.4, -0.2) is 5.78 Å². The monoisotopic (exact) mass is 234 g/mol. The minimum Gasteiger partial charge on any atom is -0.289 e. The predicted octanol–water partition coefficient (Wildman–Crippen LogP) is 4.54. The molecule has 1 aromatic rings. The number of allylic oxidation sites excluding steroid dienone is 2. The molecule has 0 aromatic heterocycles. The maximum absolute atomic E-state index is 12.6. The van der Waals surface area contributed by atoms with Crippen LogP contribution in [0.1, 0.15) is 49.4 Å². The van der Waals surface area contributed by atoms with Crippen molar-refractivity contribution in [3.8, 4) is 0 Å². The standard InChI is InChI=1S/C15H19FO/c1-2-3-4-5-6-7-8-15(17)13-9-11-14(16)12-10-13/h7-12H,2-6H2,1H3/b8-7+. The minimum absolute atomic E-state index is 0.0551. The molecule has 0 unspecified atom stereocenters. The summed E-state index contributed by atoms with van der Waals surface area (Å²) in [5.74, 6) is -0.370. The van der Waals surface area contributed by atoms with Gasteiger partial charge in [0.25, 0.3) is 0 Å². The molecule has 0 fully saturated rings. The lowest BCUT2D eigenvalue weighted by atomic mass is 10.1. The van der Waals surface area contributed by atoms with Crippen molar-refractivity contribution in [1.82, 2.24) is 0 Å². The smallest absolute Gasteiger partial charge is 0.185 e. The first-order valence-electron chi connectivity index (χ1n) is 6.20. The highest BCUT2D eigenvalue weighted by Crippen LogP contribution is 2.06. The molecule has 0 saturated heterocycles. The summed E-state index contributed by atoms with van der Waals surface area (Å²) in [5, 5.41) is 0. The SMILES string of the molecule is CCCCCC/C=C/C(=O)c1ccc(F)cc1. The summed E-state index contributed by atoms with van der Waals surface area (Å²) < 4.78 is 12.6. The van der Waals surface area contributed by atoms with Crippen LogP contribution in [0, 0.1) is 5.82 Å². The van der Waals surface area contributed by atoms with Crippen LogP contribution in [0.3, 0.4) is 0 Å². The Morgan fingerprint density at radius 3 is 2.53 bits per heavy atom. The maximum Gasteiger partial charge on any atom is 0.185 e. The summed E-state index contributed by atoms with van der Waals surface area (Å²) in [6.07, 6.45) is 9.23. The van der Waals surface area contributed by atoms with Gasteiger partial charge in [-0.25, -0.2) is 4.39 Å². The van der Waals surface area contributed by atoms with E-state index in [0.29, 0.717) is 5.56 Å². The highest BCUT2D eigenvalue weighted by molar-refractivity contribution is 6.04. The summed E-state index contributed by atoms with van der Waals surface area (Å²) in [6, 6.07) is 5.64. The molecule has 0 aliphatic carbocycles. The first kappa shape index (κ1) is 13.6. The lowest BCUT2D eigenvalue weighted by molar-refractivity contribution is 0.104. The lowest BCUT2D eigenvalue weighted by Gasteiger charge is -1.96. The molecule has 0 atom stereocenters. The molecule has 0 aliphatic rings. The molecule has 0 amide bonds. The summed E-state index contributed by atoms with van der Waals surface area (Å²) in [6.45, 7) is 2.17. The molecule has 0 N–H and O–H groups in total. The second-order valence-corrected chi connectivity index (χ2v) is 4.12. The maximum atomic E-state index is 12.6. The van der Waals surface area contributed by atoms with Gasteiger partial charge >= 0.3 is 0 Å². The first-order valence-corrected chi connectivity index (χ1v) is 6.20. The molecule has 0 heterocycles. The van der Waals surface area contributed by atoms with E-state index in [1.807, 2.05) is 6.08 Å². The highest BCUT2D eigenvalue weighted by Gasteiger charge is 2.00. The number of unbranched alkanes of at least 4 members (excludes halogenated alkanes) is 4. The van der Waals surface area contributed by atoms with E-state index in [2.05, 4.69) is 6.92 Å². The van der Waals surface area contributed by atoms with Gasteiger partial charge < -0.3 is 0 Å². The fourth-order valence-electron chi connectivity index (χ4n) is 1.59. The van der Waals surface area contributed by atoms with Crippen LogP contribution in [0.5, 0.6) is 0 Å². The molecular weight excluding hydrogens is 215 g/mol. The molecule has 1 nitrogen and oxygen atoms in total. The van der Waals surface area contributed by atoms with Gasteiger partial charge in [-0.15, -0.1) is 0 Å². The Morgan fingerprint density at radius 2 is 1.88 bits per heavy atom. The van der Waals surface area contributed by atoms with Crippen LogP contribution < -0.4 is 0 Å². The van der Waals surface area contributed by atoms with Gasteiger partial charge in [-0.3, -0.25) is 4.79 Å². The number of carbonyl (C=O) groups is 1. The third-order valence-corrected chi connectivity index (χ3v) is 2.62. The normalized spacial score (nSPS) is 10.9. The van der Waals surface area contributed by atoms with E-state index in [1.54, 1.807) is 6.08 Å². The van der Waals surface area contributed by atoms with Crippen LogP contribution in [0.25, 0.3) is 0 Å². The summed E-state index contributed by atoms with van der Waals surface area (Å²) >= 11 is 0. The second-order valence-electron chi connectivity index (χ2n) is 4.12. The molecule has 0 spiro atoms. The van der Waals surface area contributed by atoms with Crippen LogP contribution in [0.2, 0.25) is 0 Å². The van der Waals surface area contributed by atoms with Gasteiger partial charge in [0.2, 0.25) is 0 Å². The van der Waals surface area contributed by atoms with E-state index in [4.69, 9.17) is 0 Å². The number of halogens is 1. The third-order valence-electron chi connectivity index (χ3n) is 2.62. The van der Waals surface area contributed by atoms with E-state index in [-0.39, 0.29) is 11.6 Å². The Morgan fingerprint density at radius 1 is 1.18 bits per heavy atom. The molecule has 17 heavy (non-hydrogen) atoms. The number of rotatable bonds is 7. The molecule has 0 bridgehead atoms. The van der Waals surface area contributed by atoms with Crippen LogP contribution in [0.15, 0.2) is 36.4 Å². The van der Waals surface area contributed by atoms with Crippen molar-refractivity contribution in [3.63, 3.8) is 0 Å². The van der Waals surface area contributed by atoms with Crippen molar-refractivity contribution in [3.05, 3.63) is 47.8 Å². The van der Waals surface area contributed by atoms with E-state index in [0.717, 1.165) is 12.8 Å². The Labute approximate surface area is 102 Å². The molecular formula is C15H19FO. The minimum atomic E-state index is -0.315. The Hall–Kier alpha value is -1.44. The largest absolute Gasteiger partial charge is 0.289 e. The quantitative estimate of drug-likeness (QED) is 0.384. The zero-order chi connectivity index (χ0) is 12.5. The Balaban J connectivity index is 2.33. The molecule has 92 valence electrons. The molecule has 2 heteroatoms. The number of hydrogen-bond acceptors (Lipinski definition) is 1. The number of benzene rings is 1. The zero-order valence-corrected chi connectivity index (χ0v) is 10.3. The number of ketones is 1. The lowest BCUT2D eigenvalue weighted by Crippen LogP contribution is -1.93. The van der Waals surface area contributed by atoms with Crippen molar-refractivity contribution in [1.29, 1.82) is 0 Å². The van der Waals surface area contributed by atoms with Gasteiger partial charge in [-0.2, -0.15) is 0 Å². The average Bonchev–Trinajstić information content (AvgIpc) is 2.34. The fraction of sp³-hybridized carbons (Fsp3) is 0.400. The van der Waals surface area contributed by atoms with Crippen molar-refractivity contribution in [2.45, 2.75) is 39.0 Å². The summed E-state index contributed by atoms with van der Waals surface area (Å²) in [5.41, 5.74) is 0.538. The Bertz CT molecular complexity index is 365. The van der Waals surface area contributed by atoms with Gasteiger partial charge in [0.15, 0.2) is 5.78 Å². The van der Waals surface area contributed by atoms with Gasteiger partial charge in [0.1, 0.15) is 5.82 Å². The van der Waals surface area contributed by atoms with E-state index in [9.17, 15) is 9.18 Å². The molecule has 0 saturated carbocycles. The summed E-state index contributed by atoms with van der Waals surface area (Å²) in [7, 11) is 0. The van der Waals surface area contributed by atoms with Crippen LogP contribution >= 0.6 is 0 Å². The topological polar surface area (TPSA) is 17.1 Å². The third kappa shape index (κ3) is 5.43. The van der Waals surface area contributed by atoms with E-state index >= 15 is 0 Å². The van der Waals surface area contributed by atoms with Crippen LogP contribution in [-0.2, 0) is 0 Å². The van der Waals surface area contributed by atoms with Crippen molar-refractivity contribution < 1.29 is 9.18 Å². The average molecular weight is 234 g/mol. The summed E-state index contributed by atoms with van der Waals surface area (Å²) in [4.78, 5) is 11.6. The fourth-order valence-corrected chi connectivity index (χ4v) is 1.59. The van der Waals surface area contributed by atoms with Gasteiger partial charge in [0, 0.05) is 5.56 Å². The molecule has 1 rings (SSSR count). The van der Waals surface area contributed by atoms with Crippen molar-refractivity contribution in [2.24, 2.45) is 0 Å². The van der Waals surface area contributed by atoms with Gasteiger partial charge in [-0.05, 0) is 43.2 Å².